The first-order valence-corrected chi connectivity index (χ1v) is 6.83. The topological polar surface area (TPSA) is 59.1 Å². The Labute approximate surface area is 107 Å². The molecule has 0 amide bonds. The van der Waals surface area contributed by atoms with Gasteiger partial charge < -0.3 is 15.4 Å². The smallest absolute Gasteiger partial charge is 0.222 e. The molecular weight excluding hydrogens is 228 g/mol. The SMILES string of the molecule is c1nc(NCC2CCCO2)nc2c1CCNCC2. The summed E-state index contributed by atoms with van der Waals surface area (Å²) in [4.78, 5) is 9.01. The van der Waals surface area contributed by atoms with E-state index in [1.165, 1.54) is 17.7 Å². The second kappa shape index (κ2) is 5.63. The first-order valence-electron chi connectivity index (χ1n) is 6.83. The Morgan fingerprint density at radius 3 is 3.22 bits per heavy atom. The van der Waals surface area contributed by atoms with E-state index in [0.29, 0.717) is 6.10 Å². The summed E-state index contributed by atoms with van der Waals surface area (Å²) < 4.78 is 5.58. The number of anilines is 1. The van der Waals surface area contributed by atoms with Gasteiger partial charge >= 0.3 is 0 Å². The van der Waals surface area contributed by atoms with Crippen molar-refractivity contribution in [1.82, 2.24) is 15.3 Å². The number of hydrogen-bond acceptors (Lipinski definition) is 5. The van der Waals surface area contributed by atoms with Crippen LogP contribution in [-0.4, -0.2) is 42.3 Å². The van der Waals surface area contributed by atoms with Gasteiger partial charge in [0, 0.05) is 32.3 Å². The third-order valence-corrected chi connectivity index (χ3v) is 3.58. The van der Waals surface area contributed by atoms with E-state index in [9.17, 15) is 0 Å². The highest BCUT2D eigenvalue weighted by Crippen LogP contribution is 2.14. The maximum Gasteiger partial charge on any atom is 0.222 e. The van der Waals surface area contributed by atoms with Crippen molar-refractivity contribution in [2.75, 3.05) is 31.6 Å². The van der Waals surface area contributed by atoms with E-state index < -0.39 is 0 Å². The van der Waals surface area contributed by atoms with E-state index in [-0.39, 0.29) is 0 Å². The summed E-state index contributed by atoms with van der Waals surface area (Å²) >= 11 is 0. The van der Waals surface area contributed by atoms with Crippen molar-refractivity contribution in [2.24, 2.45) is 0 Å². The van der Waals surface area contributed by atoms with E-state index in [1.54, 1.807) is 0 Å². The summed E-state index contributed by atoms with van der Waals surface area (Å²) in [6.07, 6.45) is 6.63. The molecule has 5 nitrogen and oxygen atoms in total. The van der Waals surface area contributed by atoms with E-state index in [2.05, 4.69) is 20.6 Å². The lowest BCUT2D eigenvalue weighted by molar-refractivity contribution is 0.120. The molecule has 1 aromatic heterocycles. The van der Waals surface area contributed by atoms with Gasteiger partial charge in [-0.25, -0.2) is 9.97 Å². The fraction of sp³-hybridized carbons (Fsp3) is 0.692. The van der Waals surface area contributed by atoms with Crippen LogP contribution in [-0.2, 0) is 17.6 Å². The highest BCUT2D eigenvalue weighted by molar-refractivity contribution is 5.30. The fourth-order valence-electron chi connectivity index (χ4n) is 2.52. The van der Waals surface area contributed by atoms with Crippen LogP contribution in [0.1, 0.15) is 24.1 Å². The molecule has 1 fully saturated rings. The van der Waals surface area contributed by atoms with Crippen LogP contribution in [0.5, 0.6) is 0 Å². The first-order chi connectivity index (χ1) is 8.92. The zero-order chi connectivity index (χ0) is 12.2. The molecule has 3 heterocycles. The van der Waals surface area contributed by atoms with Gasteiger partial charge in [0.25, 0.3) is 0 Å². The molecule has 0 aromatic carbocycles. The van der Waals surface area contributed by atoms with Gasteiger partial charge in [-0.1, -0.05) is 0 Å². The maximum absolute atomic E-state index is 5.58. The summed E-state index contributed by atoms with van der Waals surface area (Å²) in [5, 5.41) is 6.67. The molecule has 0 aliphatic carbocycles. The molecule has 1 unspecified atom stereocenters. The molecule has 0 spiro atoms. The number of aromatic nitrogens is 2. The van der Waals surface area contributed by atoms with Gasteiger partial charge in [-0.3, -0.25) is 0 Å². The molecule has 0 saturated carbocycles. The zero-order valence-corrected chi connectivity index (χ0v) is 10.6. The molecule has 5 heteroatoms. The number of hydrogen-bond donors (Lipinski definition) is 2. The summed E-state index contributed by atoms with van der Waals surface area (Å²) in [6.45, 7) is 3.74. The fourth-order valence-corrected chi connectivity index (χ4v) is 2.52. The molecule has 2 aliphatic heterocycles. The third kappa shape index (κ3) is 2.79. The van der Waals surface area contributed by atoms with Crippen LogP contribution < -0.4 is 10.6 Å². The van der Waals surface area contributed by atoms with Gasteiger partial charge in [-0.2, -0.15) is 0 Å². The van der Waals surface area contributed by atoms with Crippen molar-refractivity contribution in [3.63, 3.8) is 0 Å². The summed E-state index contributed by atoms with van der Waals surface area (Å²) in [5.41, 5.74) is 2.47. The summed E-state index contributed by atoms with van der Waals surface area (Å²) in [7, 11) is 0. The van der Waals surface area contributed by atoms with Crippen molar-refractivity contribution < 1.29 is 4.74 Å². The van der Waals surface area contributed by atoms with Gasteiger partial charge in [0.05, 0.1) is 11.8 Å². The van der Waals surface area contributed by atoms with Crippen molar-refractivity contribution >= 4 is 5.95 Å². The Bertz CT molecular complexity index is 404. The van der Waals surface area contributed by atoms with Gasteiger partial charge in [0.1, 0.15) is 0 Å². The molecule has 1 atom stereocenters. The first kappa shape index (κ1) is 11.9. The number of nitrogens with zero attached hydrogens (tertiary/aromatic N) is 2. The molecule has 1 saturated heterocycles. The minimum atomic E-state index is 0.328. The monoisotopic (exact) mass is 248 g/mol. The van der Waals surface area contributed by atoms with Crippen molar-refractivity contribution in [3.05, 3.63) is 17.5 Å². The average Bonchev–Trinajstić information content (AvgIpc) is 2.80. The van der Waals surface area contributed by atoms with Gasteiger partial charge in [-0.05, 0) is 31.4 Å². The molecule has 18 heavy (non-hydrogen) atoms. The lowest BCUT2D eigenvalue weighted by atomic mass is 10.1. The lowest BCUT2D eigenvalue weighted by Crippen LogP contribution is -2.20. The molecule has 1 aromatic rings. The van der Waals surface area contributed by atoms with Crippen LogP contribution in [0.25, 0.3) is 0 Å². The van der Waals surface area contributed by atoms with Crippen LogP contribution in [0.3, 0.4) is 0 Å². The highest BCUT2D eigenvalue weighted by atomic mass is 16.5. The van der Waals surface area contributed by atoms with Crippen LogP contribution in [0.15, 0.2) is 6.20 Å². The van der Waals surface area contributed by atoms with Gasteiger partial charge in [0.15, 0.2) is 0 Å². The molecule has 3 rings (SSSR count). The molecule has 98 valence electrons. The van der Waals surface area contributed by atoms with Crippen LogP contribution in [0, 0.1) is 0 Å². The number of rotatable bonds is 3. The van der Waals surface area contributed by atoms with Crippen molar-refractivity contribution in [1.29, 1.82) is 0 Å². The van der Waals surface area contributed by atoms with Crippen molar-refractivity contribution in [2.45, 2.75) is 31.8 Å². The van der Waals surface area contributed by atoms with E-state index in [0.717, 1.165) is 51.5 Å². The van der Waals surface area contributed by atoms with Crippen LogP contribution in [0.2, 0.25) is 0 Å². The molecule has 2 N–H and O–H groups in total. The Kier molecular flexibility index (Phi) is 3.71. The van der Waals surface area contributed by atoms with Gasteiger partial charge in [0.2, 0.25) is 5.95 Å². The summed E-state index contributed by atoms with van der Waals surface area (Å²) in [6, 6.07) is 0. The number of nitrogens with one attached hydrogen (secondary N) is 2. The number of ether oxygens (including phenoxy) is 1. The van der Waals surface area contributed by atoms with Crippen molar-refractivity contribution in [3.8, 4) is 0 Å². The standard InChI is InChI=1S/C13H20N4O/c1-2-11(18-7-1)9-16-13-15-8-10-3-5-14-6-4-12(10)17-13/h8,11,14H,1-7,9H2,(H,15,16,17). The molecule has 0 bridgehead atoms. The molecular formula is C13H20N4O. The number of fused-ring (bicyclic) bond motifs is 1. The molecule has 2 aliphatic rings. The van der Waals surface area contributed by atoms with Crippen LogP contribution >= 0.6 is 0 Å². The predicted molar refractivity (Wildman–Crippen MR) is 69.8 cm³/mol. The quantitative estimate of drug-likeness (QED) is 0.827. The Morgan fingerprint density at radius 1 is 1.39 bits per heavy atom. The zero-order valence-electron chi connectivity index (χ0n) is 10.6. The second-order valence-electron chi connectivity index (χ2n) is 4.93. The minimum Gasteiger partial charge on any atom is -0.376 e. The Morgan fingerprint density at radius 2 is 2.33 bits per heavy atom. The largest absolute Gasteiger partial charge is 0.376 e. The summed E-state index contributed by atoms with van der Waals surface area (Å²) in [5.74, 6) is 0.742. The third-order valence-electron chi connectivity index (χ3n) is 3.58. The van der Waals surface area contributed by atoms with E-state index in [1.807, 2.05) is 6.20 Å². The molecule has 0 radical (unpaired) electrons. The average molecular weight is 248 g/mol. The van der Waals surface area contributed by atoms with E-state index in [4.69, 9.17) is 4.74 Å². The Balaban J connectivity index is 1.63. The highest BCUT2D eigenvalue weighted by Gasteiger charge is 2.16. The van der Waals surface area contributed by atoms with E-state index >= 15 is 0 Å². The van der Waals surface area contributed by atoms with Crippen LogP contribution in [0.4, 0.5) is 5.95 Å². The Hall–Kier alpha value is -1.20. The minimum absolute atomic E-state index is 0.328. The lowest BCUT2D eigenvalue weighted by Gasteiger charge is -2.12. The second-order valence-corrected chi connectivity index (χ2v) is 4.93. The maximum atomic E-state index is 5.58. The van der Waals surface area contributed by atoms with Gasteiger partial charge in [-0.15, -0.1) is 0 Å². The normalized spacial score (nSPS) is 23.4. The predicted octanol–water partition coefficient (Wildman–Crippen LogP) is 0.756.